The molecule has 1 aromatic heterocycles. The summed E-state index contributed by atoms with van der Waals surface area (Å²) in [6.45, 7) is 2.62. The molecule has 3 rings (SSSR count). The second-order valence-corrected chi connectivity index (χ2v) is 4.56. The van der Waals surface area contributed by atoms with Crippen molar-refractivity contribution in [2.45, 2.75) is 38.3 Å². The first kappa shape index (κ1) is 10.2. The highest BCUT2D eigenvalue weighted by molar-refractivity contribution is 5.19. The Morgan fingerprint density at radius 3 is 3.38 bits per heavy atom. The fraction of sp³-hybridized carbons (Fsp3) is 0.667. The summed E-state index contributed by atoms with van der Waals surface area (Å²) in [5, 5.41) is 3.48. The summed E-state index contributed by atoms with van der Waals surface area (Å²) in [5.41, 5.74) is 2.35. The molecule has 0 saturated carbocycles. The molecular formula is C12H17N3O. The van der Waals surface area contributed by atoms with E-state index in [0.717, 1.165) is 37.4 Å². The Hall–Kier alpha value is -1.00. The van der Waals surface area contributed by atoms with Gasteiger partial charge in [-0.15, -0.1) is 0 Å². The molecule has 0 aliphatic carbocycles. The van der Waals surface area contributed by atoms with Crippen LogP contribution in [0.4, 0.5) is 0 Å². The van der Waals surface area contributed by atoms with Gasteiger partial charge >= 0.3 is 0 Å². The molecule has 2 aliphatic rings. The van der Waals surface area contributed by atoms with Crippen molar-refractivity contribution in [3.63, 3.8) is 0 Å². The largest absolute Gasteiger partial charge is 0.376 e. The number of nitrogens with zero attached hydrogens (tertiary/aromatic N) is 2. The van der Waals surface area contributed by atoms with Crippen LogP contribution in [0.3, 0.4) is 0 Å². The monoisotopic (exact) mass is 219 g/mol. The maximum atomic E-state index is 5.38. The smallest absolute Gasteiger partial charge is 0.130 e. The van der Waals surface area contributed by atoms with Crippen LogP contribution in [-0.2, 0) is 24.2 Å². The van der Waals surface area contributed by atoms with Gasteiger partial charge < -0.3 is 10.1 Å². The summed E-state index contributed by atoms with van der Waals surface area (Å²) in [4.78, 5) is 9.07. The fourth-order valence-corrected chi connectivity index (χ4v) is 2.42. The van der Waals surface area contributed by atoms with Crippen molar-refractivity contribution in [2.24, 2.45) is 0 Å². The second-order valence-electron chi connectivity index (χ2n) is 4.56. The van der Waals surface area contributed by atoms with E-state index in [4.69, 9.17) is 4.74 Å². The van der Waals surface area contributed by atoms with E-state index in [1.807, 2.05) is 6.20 Å². The Morgan fingerprint density at radius 1 is 1.50 bits per heavy atom. The van der Waals surface area contributed by atoms with Crippen LogP contribution < -0.4 is 5.32 Å². The molecule has 16 heavy (non-hydrogen) atoms. The number of aromatic nitrogens is 2. The lowest BCUT2D eigenvalue weighted by atomic mass is 10.1. The molecule has 1 aromatic rings. The highest BCUT2D eigenvalue weighted by Crippen LogP contribution is 2.15. The van der Waals surface area contributed by atoms with E-state index in [0.29, 0.717) is 12.6 Å². The maximum absolute atomic E-state index is 5.38. The van der Waals surface area contributed by atoms with Crippen LogP contribution in [0.2, 0.25) is 0 Å². The third kappa shape index (κ3) is 2.08. The lowest BCUT2D eigenvalue weighted by Crippen LogP contribution is -2.25. The number of hydrogen-bond donors (Lipinski definition) is 1. The van der Waals surface area contributed by atoms with Gasteiger partial charge in [0.15, 0.2) is 0 Å². The predicted molar refractivity (Wildman–Crippen MR) is 60.1 cm³/mol. The van der Waals surface area contributed by atoms with Crippen molar-refractivity contribution >= 4 is 0 Å². The standard InChI is InChI=1S/C12H17N3O/c1-2-10(13-4-1)6-12-14-7-9-8-16-5-3-11(9)15-12/h7,10,13H,1-6,8H2. The van der Waals surface area contributed by atoms with Crippen LogP contribution in [0.15, 0.2) is 6.20 Å². The molecule has 1 atom stereocenters. The van der Waals surface area contributed by atoms with Crippen LogP contribution in [-0.4, -0.2) is 29.2 Å². The molecule has 86 valence electrons. The number of nitrogens with one attached hydrogen (secondary N) is 1. The van der Waals surface area contributed by atoms with Gasteiger partial charge in [0.1, 0.15) is 5.82 Å². The van der Waals surface area contributed by atoms with E-state index < -0.39 is 0 Å². The molecule has 0 radical (unpaired) electrons. The summed E-state index contributed by atoms with van der Waals surface area (Å²) < 4.78 is 5.38. The Labute approximate surface area is 95.4 Å². The molecule has 4 heteroatoms. The first-order valence-electron chi connectivity index (χ1n) is 6.06. The zero-order chi connectivity index (χ0) is 10.8. The van der Waals surface area contributed by atoms with Gasteiger partial charge in [-0.05, 0) is 19.4 Å². The van der Waals surface area contributed by atoms with Crippen LogP contribution in [0.1, 0.15) is 29.9 Å². The minimum Gasteiger partial charge on any atom is -0.376 e. The van der Waals surface area contributed by atoms with Gasteiger partial charge in [-0.1, -0.05) is 0 Å². The van der Waals surface area contributed by atoms with Crippen LogP contribution >= 0.6 is 0 Å². The Balaban J connectivity index is 1.74. The number of fused-ring (bicyclic) bond motifs is 1. The summed E-state index contributed by atoms with van der Waals surface area (Å²) in [7, 11) is 0. The molecule has 1 unspecified atom stereocenters. The van der Waals surface area contributed by atoms with Crippen molar-refractivity contribution < 1.29 is 4.74 Å². The number of rotatable bonds is 2. The van der Waals surface area contributed by atoms with Gasteiger partial charge in [0.05, 0.1) is 18.9 Å². The zero-order valence-electron chi connectivity index (χ0n) is 9.41. The van der Waals surface area contributed by atoms with Crippen molar-refractivity contribution in [2.75, 3.05) is 13.2 Å². The van der Waals surface area contributed by atoms with Gasteiger partial charge in [0.25, 0.3) is 0 Å². The minimum absolute atomic E-state index is 0.581. The van der Waals surface area contributed by atoms with Gasteiger partial charge in [0.2, 0.25) is 0 Å². The van der Waals surface area contributed by atoms with E-state index in [-0.39, 0.29) is 0 Å². The maximum Gasteiger partial charge on any atom is 0.130 e. The normalized spacial score (nSPS) is 24.4. The Kier molecular flexibility index (Phi) is 2.84. The van der Waals surface area contributed by atoms with Crippen molar-refractivity contribution in [1.82, 2.24) is 15.3 Å². The first-order chi connectivity index (χ1) is 7.92. The third-order valence-corrected chi connectivity index (χ3v) is 3.34. The van der Waals surface area contributed by atoms with Gasteiger partial charge in [-0.25, -0.2) is 9.97 Å². The first-order valence-corrected chi connectivity index (χ1v) is 6.06. The Morgan fingerprint density at radius 2 is 2.50 bits per heavy atom. The van der Waals surface area contributed by atoms with Crippen molar-refractivity contribution in [1.29, 1.82) is 0 Å². The summed E-state index contributed by atoms with van der Waals surface area (Å²) in [5.74, 6) is 0.986. The van der Waals surface area contributed by atoms with Crippen LogP contribution in [0.25, 0.3) is 0 Å². The number of hydrogen-bond acceptors (Lipinski definition) is 4. The van der Waals surface area contributed by atoms with E-state index in [1.54, 1.807) is 0 Å². The summed E-state index contributed by atoms with van der Waals surface area (Å²) in [6, 6.07) is 0.581. The molecule has 1 N–H and O–H groups in total. The SMILES string of the molecule is c1nc(CC2CCCN2)nc2c1COCC2. The average molecular weight is 219 g/mol. The lowest BCUT2D eigenvalue weighted by molar-refractivity contribution is 0.108. The third-order valence-electron chi connectivity index (χ3n) is 3.34. The average Bonchev–Trinajstić information content (AvgIpc) is 2.82. The summed E-state index contributed by atoms with van der Waals surface area (Å²) >= 11 is 0. The fourth-order valence-electron chi connectivity index (χ4n) is 2.42. The molecule has 0 bridgehead atoms. The van der Waals surface area contributed by atoms with Gasteiger partial charge in [-0.2, -0.15) is 0 Å². The molecule has 1 saturated heterocycles. The van der Waals surface area contributed by atoms with Crippen LogP contribution in [0.5, 0.6) is 0 Å². The highest BCUT2D eigenvalue weighted by atomic mass is 16.5. The second kappa shape index (κ2) is 4.47. The molecular weight excluding hydrogens is 202 g/mol. The molecule has 0 amide bonds. The lowest BCUT2D eigenvalue weighted by Gasteiger charge is -2.16. The van der Waals surface area contributed by atoms with E-state index in [1.165, 1.54) is 18.5 Å². The highest BCUT2D eigenvalue weighted by Gasteiger charge is 2.17. The van der Waals surface area contributed by atoms with Gasteiger partial charge in [-0.3, -0.25) is 0 Å². The molecule has 1 fully saturated rings. The molecule has 0 aromatic carbocycles. The number of ether oxygens (including phenoxy) is 1. The van der Waals surface area contributed by atoms with E-state index in [9.17, 15) is 0 Å². The van der Waals surface area contributed by atoms with Crippen molar-refractivity contribution in [3.8, 4) is 0 Å². The zero-order valence-corrected chi connectivity index (χ0v) is 9.41. The minimum atomic E-state index is 0.581. The molecule has 3 heterocycles. The van der Waals surface area contributed by atoms with Crippen LogP contribution in [0, 0.1) is 0 Å². The molecule has 0 spiro atoms. The summed E-state index contributed by atoms with van der Waals surface area (Å²) in [6.07, 6.45) is 6.37. The molecule has 4 nitrogen and oxygen atoms in total. The quantitative estimate of drug-likeness (QED) is 0.801. The predicted octanol–water partition coefficient (Wildman–Crippen LogP) is 0.844. The van der Waals surface area contributed by atoms with E-state index in [2.05, 4.69) is 15.3 Å². The topological polar surface area (TPSA) is 47.0 Å². The molecule has 2 aliphatic heterocycles. The van der Waals surface area contributed by atoms with Crippen molar-refractivity contribution in [3.05, 3.63) is 23.3 Å². The van der Waals surface area contributed by atoms with Gasteiger partial charge in [0, 0.05) is 30.6 Å². The Bertz CT molecular complexity index is 375. The van der Waals surface area contributed by atoms with E-state index >= 15 is 0 Å².